The van der Waals surface area contributed by atoms with Crippen molar-refractivity contribution in [1.29, 1.82) is 0 Å². The van der Waals surface area contributed by atoms with Crippen molar-refractivity contribution in [3.05, 3.63) is 244 Å². The quantitative estimate of drug-likeness (QED) is 0.0613. The summed E-state index contributed by atoms with van der Waals surface area (Å²) in [7, 11) is 0. The summed E-state index contributed by atoms with van der Waals surface area (Å²) in [5.74, 6) is 7.02. The van der Waals surface area contributed by atoms with Crippen LogP contribution >= 0.6 is 0 Å². The zero-order valence-electron chi connectivity index (χ0n) is 62.9. The van der Waals surface area contributed by atoms with Crippen molar-refractivity contribution in [2.75, 3.05) is 72.1 Å². The summed E-state index contributed by atoms with van der Waals surface area (Å²) >= 11 is 0. The van der Waals surface area contributed by atoms with Crippen molar-refractivity contribution in [2.45, 2.75) is 150 Å². The molecule has 0 bridgehead atoms. The molecule has 5 aliphatic heterocycles. The Morgan fingerprint density at radius 3 is 1.23 bits per heavy atom. The molecule has 2 atom stereocenters. The lowest BCUT2D eigenvalue weighted by atomic mass is 9.90. The fourth-order valence-corrected chi connectivity index (χ4v) is 14.6. The molecule has 0 spiro atoms. The van der Waals surface area contributed by atoms with E-state index < -0.39 is 0 Å². The van der Waals surface area contributed by atoms with Gasteiger partial charge in [0.1, 0.15) is 5.75 Å². The molecule has 4 aromatic heterocycles. The van der Waals surface area contributed by atoms with E-state index in [2.05, 4.69) is 172 Å². The Kier molecular flexibility index (Phi) is 27.0. The van der Waals surface area contributed by atoms with Crippen molar-refractivity contribution in [3.8, 4) is 51.3 Å². The number of hydrogen-bond donors (Lipinski definition) is 0. The summed E-state index contributed by atoms with van der Waals surface area (Å²) in [6.45, 7) is 25.1. The maximum Gasteiger partial charge on any atom is 0.241 e. The summed E-state index contributed by atoms with van der Waals surface area (Å²) in [4.78, 5) is 43.1. The lowest BCUT2D eigenvalue weighted by Crippen LogP contribution is -2.46. The topological polar surface area (TPSA) is 207 Å². The van der Waals surface area contributed by atoms with Gasteiger partial charge in [0.05, 0.1) is 45.5 Å². The third kappa shape index (κ3) is 22.7. The van der Waals surface area contributed by atoms with Crippen molar-refractivity contribution in [1.82, 2.24) is 65.1 Å². The number of ketones is 1. The molecule has 11 aromatic rings. The first-order valence-electron chi connectivity index (χ1n) is 38.5. The number of benzene rings is 7. The highest BCUT2D eigenvalue weighted by molar-refractivity contribution is 5.98. The second-order valence-corrected chi connectivity index (χ2v) is 29.6. The summed E-state index contributed by atoms with van der Waals surface area (Å²) in [5.41, 5.74) is 12.1. The molecule has 5 aliphatic rings. The van der Waals surface area contributed by atoms with Gasteiger partial charge in [-0.2, -0.15) is 19.9 Å². The first kappa shape index (κ1) is 75.6. The average Bonchev–Trinajstić information content (AvgIpc) is 0.999. The lowest BCUT2D eigenvalue weighted by Gasteiger charge is -2.39. The first-order valence-corrected chi connectivity index (χ1v) is 38.5. The van der Waals surface area contributed by atoms with E-state index in [1.165, 1.54) is 91.4 Å². The highest BCUT2D eigenvalue weighted by atomic mass is 16.5. The van der Waals surface area contributed by atoms with Crippen LogP contribution in [0.2, 0.25) is 0 Å². The van der Waals surface area contributed by atoms with Gasteiger partial charge in [-0.25, -0.2) is 0 Å². The van der Waals surface area contributed by atoms with Crippen LogP contribution < -0.4 is 4.74 Å². The SMILES string of the molecule is Cc1ccc(-c2noc(CN3CCC(N4CCCCC4)CC3)n2)cc1.Cc1ccc(-c2noc(CN3CCC(OCc4ccccc4)CC3)n2)cc1.Cc1ccc(-c2noc(CN3CCCC(C(=O)c4ccccc4)C3)n2)cc1.Cc1ccc(OCC2CCCN(Cc3nc(-c4ccc(C)cc4)no3)C2)cc1. The Hall–Kier alpha value is -9.67. The van der Waals surface area contributed by atoms with E-state index in [9.17, 15) is 4.79 Å². The molecule has 0 saturated carbocycles. The second kappa shape index (κ2) is 38.2. The molecule has 558 valence electrons. The van der Waals surface area contributed by atoms with Crippen LogP contribution in [-0.2, 0) is 37.5 Å². The number of ether oxygens (including phenoxy) is 2. The third-order valence-corrected chi connectivity index (χ3v) is 20.9. The lowest BCUT2D eigenvalue weighted by molar-refractivity contribution is -0.00555. The molecule has 7 aromatic carbocycles. The highest BCUT2D eigenvalue weighted by Crippen LogP contribution is 2.29. The van der Waals surface area contributed by atoms with Crippen molar-refractivity contribution < 1.29 is 32.4 Å². The number of aromatic nitrogens is 8. The van der Waals surface area contributed by atoms with Crippen molar-refractivity contribution in [2.24, 2.45) is 11.8 Å². The molecular formula is C87H103N13O7. The molecule has 2 unspecified atom stereocenters. The van der Waals surface area contributed by atoms with Crippen LogP contribution in [0.1, 0.15) is 138 Å². The van der Waals surface area contributed by atoms with Crippen LogP contribution in [0, 0.1) is 46.5 Å². The molecule has 0 aliphatic carbocycles. The Balaban J connectivity index is 0.000000126. The standard InChI is InChI=1S/C23H27N3O2.C22H23N3O2.C22H25N3O2.C20H28N4O/c1-17-5-9-20(10-6-17)23-24-22(28-25-23)15-26-13-3-4-19(14-26)16-27-21-11-7-18(2)8-12-21;1-16-9-11-18(12-10-16)22-23-20(27-24-22)15-25-13-5-8-19(14-25)21(26)17-6-3-2-4-7-17;1-17-7-9-19(10-8-17)22-23-21(27-24-22)15-25-13-11-20(12-14-25)26-16-18-5-3-2-4-6-18;1-16-5-7-17(8-6-16)20-21-19(25-22-20)15-23-13-9-18(10-14-23)24-11-3-2-4-12-24/h5-12,19H,3-4,13-16H2,1-2H3;2-4,6-7,9-12,19H,5,8,13-15H2,1H3;2-10,20H,11-16H2,1H3;5-8,18H,2-4,9-15H2,1H3. The van der Waals surface area contributed by atoms with Gasteiger partial charge < -0.3 is 32.5 Å². The van der Waals surface area contributed by atoms with Gasteiger partial charge in [-0.05, 0) is 143 Å². The molecule has 107 heavy (non-hydrogen) atoms. The number of rotatable bonds is 21. The molecule has 16 rings (SSSR count). The van der Waals surface area contributed by atoms with Crippen LogP contribution in [0.15, 0.2) is 200 Å². The fourth-order valence-electron chi connectivity index (χ4n) is 14.6. The average molecular weight is 1440 g/mol. The molecule has 0 N–H and O–H groups in total. The van der Waals surface area contributed by atoms with Crippen molar-refractivity contribution >= 4 is 5.78 Å². The second-order valence-electron chi connectivity index (χ2n) is 29.6. The van der Waals surface area contributed by atoms with Gasteiger partial charge >= 0.3 is 0 Å². The summed E-state index contributed by atoms with van der Waals surface area (Å²) in [5, 5.41) is 16.5. The fraction of sp³-hybridized carbons (Fsp3) is 0.414. The van der Waals surface area contributed by atoms with Crippen LogP contribution in [0.5, 0.6) is 5.75 Å². The molecular weight excluding hydrogens is 1340 g/mol. The van der Waals surface area contributed by atoms with Gasteiger partial charge in [-0.3, -0.25) is 24.4 Å². The maximum absolute atomic E-state index is 12.7. The maximum atomic E-state index is 12.7. The largest absolute Gasteiger partial charge is 0.493 e. The number of hydrogen-bond acceptors (Lipinski definition) is 20. The van der Waals surface area contributed by atoms with Gasteiger partial charge in [0.25, 0.3) is 0 Å². The number of carbonyl (C=O) groups is 1. The predicted molar refractivity (Wildman–Crippen MR) is 415 cm³/mol. The number of likely N-dealkylation sites (tertiary alicyclic amines) is 5. The monoisotopic (exact) mass is 1440 g/mol. The minimum Gasteiger partial charge on any atom is -0.493 e. The molecule has 0 amide bonds. The minimum absolute atomic E-state index is 0.0284. The zero-order valence-corrected chi connectivity index (χ0v) is 62.9. The Morgan fingerprint density at radius 2 is 0.785 bits per heavy atom. The zero-order chi connectivity index (χ0) is 73.5. The molecule has 0 radical (unpaired) electrons. The summed E-state index contributed by atoms with van der Waals surface area (Å²) in [6.07, 6.45) is 13.4. The van der Waals surface area contributed by atoms with Gasteiger partial charge in [-0.1, -0.05) is 225 Å². The minimum atomic E-state index is 0.0284. The number of aryl methyl sites for hydroxylation is 5. The highest BCUT2D eigenvalue weighted by Gasteiger charge is 2.30. The van der Waals surface area contributed by atoms with Crippen molar-refractivity contribution in [3.63, 3.8) is 0 Å². The number of Topliss-reactive ketones (excluding diaryl/α,β-unsaturated/α-hetero) is 1. The summed E-state index contributed by atoms with van der Waals surface area (Å²) in [6, 6.07) is 61.6. The van der Waals surface area contributed by atoms with E-state index in [0.29, 0.717) is 79.2 Å². The van der Waals surface area contributed by atoms with E-state index in [1.54, 1.807) is 0 Å². The van der Waals surface area contributed by atoms with Crippen LogP contribution in [0.25, 0.3) is 45.6 Å². The first-order chi connectivity index (χ1) is 52.4. The van der Waals surface area contributed by atoms with E-state index in [1.807, 2.05) is 109 Å². The van der Waals surface area contributed by atoms with Crippen LogP contribution in [0.3, 0.4) is 0 Å². The normalized spacial score (nSPS) is 18.0. The molecule has 5 saturated heterocycles. The molecule has 5 fully saturated rings. The van der Waals surface area contributed by atoms with Gasteiger partial charge in [0.15, 0.2) is 5.78 Å². The predicted octanol–water partition coefficient (Wildman–Crippen LogP) is 16.5. The summed E-state index contributed by atoms with van der Waals surface area (Å²) < 4.78 is 33.9. The molecule has 20 nitrogen and oxygen atoms in total. The Morgan fingerprint density at radius 1 is 0.393 bits per heavy atom. The van der Waals surface area contributed by atoms with Gasteiger partial charge in [0, 0.05) is 85.0 Å². The van der Waals surface area contributed by atoms with Crippen LogP contribution in [0.4, 0.5) is 0 Å². The van der Waals surface area contributed by atoms with Crippen LogP contribution in [-0.4, -0.2) is 155 Å². The van der Waals surface area contributed by atoms with Gasteiger partial charge in [-0.15, -0.1) is 0 Å². The van der Waals surface area contributed by atoms with E-state index in [-0.39, 0.29) is 11.7 Å². The molecule has 20 heteroatoms. The Bertz CT molecular complexity index is 4430. The third-order valence-electron chi connectivity index (χ3n) is 20.9. The number of nitrogens with zero attached hydrogens (tertiary/aromatic N) is 13. The number of piperidine rings is 5. The Labute approximate surface area is 629 Å². The molecule has 9 heterocycles. The van der Waals surface area contributed by atoms with E-state index >= 15 is 0 Å². The smallest absolute Gasteiger partial charge is 0.241 e. The van der Waals surface area contributed by atoms with E-state index in [0.717, 1.165) is 137 Å². The van der Waals surface area contributed by atoms with Gasteiger partial charge in [0.2, 0.25) is 46.9 Å². The van der Waals surface area contributed by atoms with E-state index in [4.69, 9.17) is 27.6 Å². The number of carbonyl (C=O) groups excluding carboxylic acids is 1.